The van der Waals surface area contributed by atoms with Crippen LogP contribution in [0.5, 0.6) is 0 Å². The maximum absolute atomic E-state index is 16.1. The first kappa shape index (κ1) is 74.4. The molecule has 0 radical (unpaired) electrons. The number of carbonyl (C=O) groups is 10. The molecule has 97 heavy (non-hydrogen) atoms. The summed E-state index contributed by atoms with van der Waals surface area (Å²) in [6.07, 6.45) is -8.60. The molecule has 7 N–H and O–H groups in total. The third kappa shape index (κ3) is 16.6. The van der Waals surface area contributed by atoms with Gasteiger partial charge in [-0.2, -0.15) is 11.8 Å². The molecule has 3 aliphatic heterocycles. The van der Waals surface area contributed by atoms with E-state index in [0.29, 0.717) is 36.2 Å². The minimum Gasteiger partial charge on any atom is -0.455 e. The second-order valence-corrected chi connectivity index (χ2v) is 32.1. The number of benzene rings is 2. The minimum atomic E-state index is -2.64. The van der Waals surface area contributed by atoms with Crippen LogP contribution in [-0.4, -0.2) is 164 Å². The number of unbranched alkanes of at least 4 members (excludes halogenated alkanes) is 1. The third-order valence-electron chi connectivity index (χ3n) is 19.2. The van der Waals surface area contributed by atoms with Gasteiger partial charge in [-0.05, 0) is 134 Å². The molecule has 3 saturated carbocycles. The summed E-state index contributed by atoms with van der Waals surface area (Å²) in [7, 11) is 2.49. The van der Waals surface area contributed by atoms with Gasteiger partial charge < -0.3 is 59.3 Å². The summed E-state index contributed by atoms with van der Waals surface area (Å²) in [6.45, 7) is 16.3. The molecule has 6 fully saturated rings. The molecular formula is C68H87F2N5O19S3. The van der Waals surface area contributed by atoms with Crippen molar-refractivity contribution in [1.82, 2.24) is 26.8 Å². The zero-order chi connectivity index (χ0) is 70.9. The smallest absolute Gasteiger partial charge is 0.408 e. The van der Waals surface area contributed by atoms with Crippen LogP contribution in [0.1, 0.15) is 156 Å². The van der Waals surface area contributed by atoms with Crippen molar-refractivity contribution in [2.75, 3.05) is 12.4 Å². The van der Waals surface area contributed by atoms with Crippen molar-refractivity contribution in [1.29, 1.82) is 0 Å². The van der Waals surface area contributed by atoms with Gasteiger partial charge in [0.15, 0.2) is 17.5 Å². The first-order valence-electron chi connectivity index (χ1n) is 32.6. The van der Waals surface area contributed by atoms with Gasteiger partial charge in [0.1, 0.15) is 41.1 Å². The van der Waals surface area contributed by atoms with E-state index in [1.54, 1.807) is 46.4 Å². The summed E-state index contributed by atoms with van der Waals surface area (Å²) in [5.41, 5.74) is -4.70. The third-order valence-corrected chi connectivity index (χ3v) is 23.8. The normalized spacial score (nSPS) is 29.2. The summed E-state index contributed by atoms with van der Waals surface area (Å²) in [5.74, 6) is -10.2. The molecule has 0 aromatic heterocycles. The number of hydrazine groups is 1. The topological polar surface area (TPSA) is 336 Å². The molecular weight excluding hydrogens is 1320 g/mol. The van der Waals surface area contributed by atoms with Crippen molar-refractivity contribution in [2.45, 2.75) is 234 Å². The molecule has 2 bridgehead atoms. The molecule has 0 spiro atoms. The summed E-state index contributed by atoms with van der Waals surface area (Å²) < 4.78 is 73.1. The SMILES string of the molecule is CC(=O)O[C@@]12CO[C@@H]1C[C@H](O)[C@@]1(C)C(=O)[C@H](OC(=O)C3CC3)C3=C(C)[C@@H](OC(=O)[C@H](OC(=O)Cc4cc([19F])ccc4SSC(C)CCC(=O)NNC(=O)CCCC[C@@H]4SC[C@@H]5NC(=O)N[C@@H]54)[C@H](C=C(C)C)NC(=O)OC(C)(C)C)C[C@@](O)([C@@H](OC(=O)c4cccc([19F])c4)[C@H]21)C3(C)C. The summed E-state index contributed by atoms with van der Waals surface area (Å²) in [4.78, 5) is 140. The number of halogens is 2. The molecule has 29 heteroatoms. The summed E-state index contributed by atoms with van der Waals surface area (Å²) in [5, 5.41) is 35.1. The Bertz CT molecular complexity index is 3490. The van der Waals surface area contributed by atoms with Gasteiger partial charge in [0, 0.05) is 59.2 Å². The highest BCUT2D eigenvalue weighted by atomic mass is 33.1. The van der Waals surface area contributed by atoms with Crippen LogP contribution in [-0.2, 0) is 73.1 Å². The number of ketones is 1. The number of aliphatic hydroxyl groups excluding tert-OH is 1. The highest BCUT2D eigenvalue weighted by molar-refractivity contribution is 8.77. The van der Waals surface area contributed by atoms with Gasteiger partial charge in [0.2, 0.25) is 17.9 Å². The maximum Gasteiger partial charge on any atom is 0.408 e. The van der Waals surface area contributed by atoms with Gasteiger partial charge in [0.25, 0.3) is 0 Å². The van der Waals surface area contributed by atoms with Crippen molar-refractivity contribution in [2.24, 2.45) is 22.7 Å². The van der Waals surface area contributed by atoms with Gasteiger partial charge in [-0.1, -0.05) is 66.5 Å². The molecule has 15 atom stereocenters. The lowest BCUT2D eigenvalue weighted by molar-refractivity contribution is -0.346. The Kier molecular flexibility index (Phi) is 23.0. The van der Waals surface area contributed by atoms with Crippen molar-refractivity contribution >= 4 is 92.9 Å². The van der Waals surface area contributed by atoms with Gasteiger partial charge in [-0.25, -0.2) is 28.0 Å². The molecule has 24 nitrogen and oxygen atoms in total. The number of ether oxygens (including phenoxy) is 7. The monoisotopic (exact) mass is 1410 g/mol. The first-order valence-corrected chi connectivity index (χ1v) is 35.9. The number of alkyl carbamates (subject to hydrolysis) is 1. The van der Waals surface area contributed by atoms with Gasteiger partial charge >= 0.3 is 42.0 Å². The molecule has 3 saturated heterocycles. The van der Waals surface area contributed by atoms with Gasteiger partial charge in [-0.3, -0.25) is 39.6 Å². The lowest BCUT2D eigenvalue weighted by Crippen LogP contribution is -2.82. The summed E-state index contributed by atoms with van der Waals surface area (Å²) >= 11 is 1.79. The Morgan fingerprint density at radius 1 is 0.918 bits per heavy atom. The molecule has 530 valence electrons. The van der Waals surface area contributed by atoms with Crippen LogP contribution in [0.15, 0.2) is 70.2 Å². The van der Waals surface area contributed by atoms with E-state index in [2.05, 4.69) is 26.8 Å². The molecule has 1 unspecified atom stereocenters. The predicted octanol–water partition coefficient (Wildman–Crippen LogP) is 7.67. The van der Waals surface area contributed by atoms with E-state index in [1.165, 1.54) is 79.6 Å². The number of thioether (sulfide) groups is 1. The number of hydrogen-bond donors (Lipinski definition) is 7. The van der Waals surface area contributed by atoms with Crippen LogP contribution in [0.4, 0.5) is 18.4 Å². The molecule has 2 aromatic rings. The van der Waals surface area contributed by atoms with Crippen LogP contribution in [0, 0.1) is 34.3 Å². The largest absolute Gasteiger partial charge is 0.455 e. The fraction of sp³-hybridized carbons (Fsp3) is 0.618. The van der Waals surface area contributed by atoms with Crippen LogP contribution >= 0.6 is 33.3 Å². The molecule has 3 heterocycles. The average molecular weight is 1410 g/mol. The Morgan fingerprint density at radius 2 is 1.62 bits per heavy atom. The van der Waals surface area contributed by atoms with E-state index in [9.17, 15) is 53.0 Å². The zero-order valence-corrected chi connectivity index (χ0v) is 58.6. The number of carbonyl (C=O) groups excluding carboxylic acids is 10. The number of aliphatic hydroxyl groups is 2. The van der Waals surface area contributed by atoms with Crippen LogP contribution in [0.3, 0.4) is 0 Å². The second-order valence-electron chi connectivity index (χ2n) is 28.2. The Balaban J connectivity index is 0.981. The van der Waals surface area contributed by atoms with E-state index >= 15 is 14.0 Å². The molecule has 2 aromatic carbocycles. The zero-order valence-electron chi connectivity index (χ0n) is 56.1. The van der Waals surface area contributed by atoms with Gasteiger partial charge in [-0.15, -0.1) is 0 Å². The second kappa shape index (κ2) is 30.0. The van der Waals surface area contributed by atoms with Crippen molar-refractivity contribution in [3.05, 3.63) is 88.0 Å². The molecule has 9 rings (SSSR count). The van der Waals surface area contributed by atoms with E-state index in [1.807, 2.05) is 6.92 Å². The Hall–Kier alpha value is -6.79. The predicted molar refractivity (Wildman–Crippen MR) is 351 cm³/mol. The molecule has 4 aliphatic carbocycles. The number of urea groups is 1. The molecule has 5 amide bonds. The van der Waals surface area contributed by atoms with Crippen LogP contribution < -0.4 is 26.8 Å². The Labute approximate surface area is 573 Å². The quantitative estimate of drug-likeness (QED) is 0.0101. The van der Waals surface area contributed by atoms with E-state index in [-0.39, 0.29) is 76.1 Å². The molecule has 7 aliphatic rings. The van der Waals surface area contributed by atoms with E-state index < -0.39 is 161 Å². The summed E-state index contributed by atoms with van der Waals surface area (Å²) in [6, 6.07) is 6.59. The highest BCUT2D eigenvalue weighted by Gasteiger charge is 2.78. The fourth-order valence-electron chi connectivity index (χ4n) is 14.1. The van der Waals surface area contributed by atoms with E-state index in [0.717, 1.165) is 43.7 Å². The van der Waals surface area contributed by atoms with E-state index in [4.69, 9.17) is 33.2 Å². The minimum absolute atomic E-state index is 0.0307. The number of amides is 5. The number of nitrogens with one attached hydrogen (secondary N) is 5. The number of hydrogen-bond acceptors (Lipinski definition) is 22. The Morgan fingerprint density at radius 3 is 2.27 bits per heavy atom. The van der Waals surface area contributed by atoms with Crippen molar-refractivity contribution in [3.8, 4) is 0 Å². The van der Waals surface area contributed by atoms with Crippen molar-refractivity contribution < 1.29 is 100 Å². The van der Waals surface area contributed by atoms with Crippen LogP contribution in [0.2, 0.25) is 0 Å². The average Bonchev–Trinajstić information content (AvgIpc) is 1.58. The van der Waals surface area contributed by atoms with Crippen LogP contribution in [0.25, 0.3) is 0 Å². The highest BCUT2D eigenvalue weighted by Crippen LogP contribution is 2.65. The van der Waals surface area contributed by atoms with Gasteiger partial charge in [0.05, 0.1) is 60.1 Å². The standard InChI is InChI=1S/C68H87F2N5O19S3/c1-33(2)25-42(72-63(86)94-64(6,7)8)54(90-51(80)28-39-27-41(70)22-23-45(39)97-96-34(3)19-24-50(79)75-74-49(78)18-13-12-17-46-53-43(31-95-46)71-62(85)73-53)61(84)89-44-30-68(87)58(92-60(83)38-15-14-16-40(69)26-38)56-66(11,47(77)29-48-67(56,32-88-48)93-36(5)76)57(81)55(91-59(82)37-20-21-37)52(35(44)4)65(68,9)10/h14-16,22-23,25-27,34,37,42-44,46-48,53-56,58,77,87H,12-13,17-21,24,28-32H2,1-11H3,(H,72,86)(H,74,78)(H,75,79)(H2,71,73,85)/t34?,42-,43-,44-,46-,47-,48+,53-,54+,55+,56-,58-,66+,67-,68+/m0/s1/i69+0,70+0. The number of Topliss-reactive ketones (excluding diaryl/α,β-unsaturated/α-hetero) is 1. The number of esters is 5. The maximum atomic E-state index is 16.1. The lowest BCUT2D eigenvalue weighted by atomic mass is 9.44. The first-order chi connectivity index (χ1) is 45.5. The lowest BCUT2D eigenvalue weighted by Gasteiger charge is -2.67. The number of allylic oxidation sites excluding steroid dienone is 1. The number of rotatable bonds is 24. The fourth-order valence-corrected chi connectivity index (χ4v) is 18.0. The number of fused-ring (bicyclic) bond motifs is 6. The van der Waals surface area contributed by atoms with Crippen molar-refractivity contribution in [3.63, 3.8) is 0 Å².